The van der Waals surface area contributed by atoms with Crippen molar-refractivity contribution in [1.82, 2.24) is 0 Å². The van der Waals surface area contributed by atoms with Crippen molar-refractivity contribution in [3.05, 3.63) is 65.3 Å². The first-order chi connectivity index (χ1) is 20.2. The molecule has 8 nitrogen and oxygen atoms in total. The van der Waals surface area contributed by atoms with Crippen LogP contribution >= 0.6 is 0 Å². The molecule has 8 heteroatoms. The van der Waals surface area contributed by atoms with E-state index in [2.05, 4.69) is 6.92 Å². The van der Waals surface area contributed by atoms with Crippen LogP contribution in [0.3, 0.4) is 0 Å². The second-order valence-corrected chi connectivity index (χ2v) is 13.6. The van der Waals surface area contributed by atoms with Gasteiger partial charge in [0.2, 0.25) is 0 Å². The fraction of sp³-hybridized carbons (Fsp3) is 0.600. The summed E-state index contributed by atoms with van der Waals surface area (Å²) in [4.78, 5) is 26.2. The van der Waals surface area contributed by atoms with Gasteiger partial charge in [0.05, 0.1) is 11.5 Å². The normalized spacial score (nSPS) is 41.5. The highest BCUT2D eigenvalue weighted by molar-refractivity contribution is 5.88. The highest BCUT2D eigenvalue weighted by Crippen LogP contribution is 2.71. The number of carbonyl (C=O) groups is 2. The Morgan fingerprint density at radius 2 is 1.77 bits per heavy atom. The van der Waals surface area contributed by atoms with Crippen LogP contribution in [0.25, 0.3) is 6.08 Å². The van der Waals surface area contributed by atoms with Crippen LogP contribution in [0, 0.1) is 16.7 Å². The van der Waals surface area contributed by atoms with Crippen LogP contribution in [0.15, 0.2) is 59.7 Å². The predicted molar refractivity (Wildman–Crippen MR) is 161 cm³/mol. The minimum Gasteiger partial charge on any atom is -0.458 e. The average Bonchev–Trinajstić information content (AvgIpc) is 3.22. The van der Waals surface area contributed by atoms with Crippen molar-refractivity contribution in [2.45, 2.75) is 115 Å². The second-order valence-electron chi connectivity index (χ2n) is 13.6. The molecule has 5 rings (SSSR count). The van der Waals surface area contributed by atoms with E-state index in [1.807, 2.05) is 36.4 Å². The first-order valence-electron chi connectivity index (χ1n) is 15.5. The zero-order valence-corrected chi connectivity index (χ0v) is 25.9. The lowest BCUT2D eigenvalue weighted by Crippen LogP contribution is -2.78. The van der Waals surface area contributed by atoms with Crippen molar-refractivity contribution < 1.29 is 39.5 Å². The van der Waals surface area contributed by atoms with Gasteiger partial charge in [0.1, 0.15) is 29.0 Å². The monoisotopic (exact) mass is 594 g/mol. The SMILES string of the molecule is C/C=C(\C)C(=O)OC(C)[C@@]1(O)CC[C@]2(O)[C@]1(C)C(OC(=O)/C=C/c1ccccc1)C[C@@H]1[C@@]3(C)CCC(O)CC3=CC[C@]12O. The summed E-state index contributed by atoms with van der Waals surface area (Å²) >= 11 is 0. The summed E-state index contributed by atoms with van der Waals surface area (Å²) in [5.74, 6) is -1.73. The van der Waals surface area contributed by atoms with Crippen LogP contribution in [-0.4, -0.2) is 67.5 Å². The third-order valence-electron chi connectivity index (χ3n) is 11.8. The molecule has 4 aliphatic carbocycles. The van der Waals surface area contributed by atoms with Crippen LogP contribution in [-0.2, 0) is 19.1 Å². The molecule has 0 heterocycles. The number of aliphatic hydroxyl groups excluding tert-OH is 1. The van der Waals surface area contributed by atoms with E-state index < -0.39 is 63.8 Å². The molecule has 0 radical (unpaired) electrons. The Morgan fingerprint density at radius 1 is 1.07 bits per heavy atom. The number of esters is 2. The summed E-state index contributed by atoms with van der Waals surface area (Å²) in [6, 6.07) is 9.32. The molecule has 0 aromatic heterocycles. The van der Waals surface area contributed by atoms with Gasteiger partial charge in [-0.1, -0.05) is 61.9 Å². The van der Waals surface area contributed by atoms with E-state index in [1.54, 1.807) is 39.8 Å². The van der Waals surface area contributed by atoms with Crippen molar-refractivity contribution in [2.24, 2.45) is 16.7 Å². The second kappa shape index (κ2) is 11.0. The number of ether oxygens (including phenoxy) is 2. The molecule has 0 amide bonds. The molecule has 3 unspecified atom stereocenters. The van der Waals surface area contributed by atoms with Crippen LogP contribution in [0.4, 0.5) is 0 Å². The number of hydrogen-bond donors (Lipinski definition) is 4. The summed E-state index contributed by atoms with van der Waals surface area (Å²) < 4.78 is 11.9. The molecule has 4 N–H and O–H groups in total. The predicted octanol–water partition coefficient (Wildman–Crippen LogP) is 4.40. The molecule has 9 atom stereocenters. The minimum absolute atomic E-state index is 0.0211. The molecule has 0 aliphatic heterocycles. The van der Waals surface area contributed by atoms with Gasteiger partial charge in [-0.25, -0.2) is 9.59 Å². The van der Waals surface area contributed by atoms with Gasteiger partial charge >= 0.3 is 11.9 Å². The first kappa shape index (κ1) is 31.6. The average molecular weight is 595 g/mol. The Hall–Kier alpha value is -2.78. The zero-order valence-electron chi connectivity index (χ0n) is 25.9. The first-order valence-corrected chi connectivity index (χ1v) is 15.5. The molecule has 1 aromatic carbocycles. The quantitative estimate of drug-likeness (QED) is 0.216. The van der Waals surface area contributed by atoms with E-state index in [1.165, 1.54) is 6.08 Å². The molecule has 1 aromatic rings. The zero-order chi connectivity index (χ0) is 31.4. The highest BCUT2D eigenvalue weighted by atomic mass is 16.6. The van der Waals surface area contributed by atoms with Gasteiger partial charge in [-0.3, -0.25) is 0 Å². The van der Waals surface area contributed by atoms with Gasteiger partial charge in [0.15, 0.2) is 0 Å². The molecule has 4 aliphatic rings. The maximum atomic E-state index is 13.4. The molecular weight excluding hydrogens is 548 g/mol. The van der Waals surface area contributed by atoms with Crippen LogP contribution in [0.5, 0.6) is 0 Å². The standard InChI is InChI=1S/C35H46O8/c1-6-22(2)30(38)42-23(3)33(39)18-19-35(41)32(33,5)28(43-29(37)13-12-24-10-8-7-9-11-24)21-27-31(4)16-15-26(36)20-25(31)14-17-34(27,35)40/h6-14,23,26-28,36,39-41H,15-21H2,1-5H3/b13-12+,22-6+/t23?,26?,27-,28?,31+,32-,33+,34+,35+/m1/s1. The topological polar surface area (TPSA) is 134 Å². The number of aliphatic hydroxyl groups is 4. The highest BCUT2D eigenvalue weighted by Gasteiger charge is 2.81. The van der Waals surface area contributed by atoms with Crippen molar-refractivity contribution >= 4 is 18.0 Å². The fourth-order valence-electron chi connectivity index (χ4n) is 8.87. The van der Waals surface area contributed by atoms with Gasteiger partial charge < -0.3 is 29.9 Å². The Kier molecular flexibility index (Phi) is 8.08. The van der Waals surface area contributed by atoms with Gasteiger partial charge in [0.25, 0.3) is 0 Å². The van der Waals surface area contributed by atoms with Crippen molar-refractivity contribution in [3.8, 4) is 0 Å². The summed E-state index contributed by atoms with van der Waals surface area (Å²) in [6.07, 6.45) is 6.00. The number of fused-ring (bicyclic) bond motifs is 5. The Labute approximate surface area is 254 Å². The third-order valence-corrected chi connectivity index (χ3v) is 11.8. The van der Waals surface area contributed by atoms with Crippen LogP contribution < -0.4 is 0 Å². The number of allylic oxidation sites excluding steroid dienone is 1. The molecule has 234 valence electrons. The molecule has 3 fully saturated rings. The molecule has 0 bridgehead atoms. The van der Waals surface area contributed by atoms with Crippen LogP contribution in [0.2, 0.25) is 0 Å². The van der Waals surface area contributed by atoms with E-state index in [0.29, 0.717) is 24.8 Å². The molecule has 0 spiro atoms. The summed E-state index contributed by atoms with van der Waals surface area (Å²) in [5.41, 5.74) is -5.28. The molecule has 3 saturated carbocycles. The number of rotatable bonds is 6. The van der Waals surface area contributed by atoms with E-state index in [-0.39, 0.29) is 25.7 Å². The Morgan fingerprint density at radius 3 is 2.44 bits per heavy atom. The lowest BCUT2D eigenvalue weighted by atomic mass is 9.42. The summed E-state index contributed by atoms with van der Waals surface area (Å²) in [5, 5.41) is 48.4. The maximum absolute atomic E-state index is 13.4. The van der Waals surface area contributed by atoms with E-state index in [9.17, 15) is 30.0 Å². The lowest BCUT2D eigenvalue weighted by molar-refractivity contribution is -0.326. The largest absolute Gasteiger partial charge is 0.458 e. The third kappa shape index (κ3) is 4.64. The van der Waals surface area contributed by atoms with Crippen molar-refractivity contribution in [2.75, 3.05) is 0 Å². The smallest absolute Gasteiger partial charge is 0.333 e. The Bertz CT molecular complexity index is 1350. The maximum Gasteiger partial charge on any atom is 0.333 e. The summed E-state index contributed by atoms with van der Waals surface area (Å²) in [7, 11) is 0. The number of carbonyl (C=O) groups excluding carboxylic acids is 2. The van der Waals surface area contributed by atoms with Gasteiger partial charge in [-0.15, -0.1) is 0 Å². The fourth-order valence-corrected chi connectivity index (χ4v) is 8.87. The Balaban J connectivity index is 1.58. The van der Waals surface area contributed by atoms with Gasteiger partial charge in [-0.2, -0.15) is 0 Å². The lowest BCUT2D eigenvalue weighted by Gasteiger charge is -2.67. The van der Waals surface area contributed by atoms with E-state index in [4.69, 9.17) is 9.47 Å². The van der Waals surface area contributed by atoms with E-state index >= 15 is 0 Å². The molecule has 0 saturated heterocycles. The minimum atomic E-state index is -1.89. The molecule has 43 heavy (non-hydrogen) atoms. The van der Waals surface area contributed by atoms with Crippen molar-refractivity contribution in [1.29, 1.82) is 0 Å². The number of benzene rings is 1. The van der Waals surface area contributed by atoms with E-state index in [0.717, 1.165) is 11.1 Å². The number of hydrogen-bond acceptors (Lipinski definition) is 8. The van der Waals surface area contributed by atoms with Gasteiger partial charge in [0, 0.05) is 17.6 Å². The molecular formula is C35H46O8. The van der Waals surface area contributed by atoms with Crippen molar-refractivity contribution in [3.63, 3.8) is 0 Å². The van der Waals surface area contributed by atoms with Crippen LogP contribution in [0.1, 0.15) is 85.1 Å². The summed E-state index contributed by atoms with van der Waals surface area (Å²) in [6.45, 7) is 8.65. The van der Waals surface area contributed by atoms with Gasteiger partial charge in [-0.05, 0) is 82.8 Å².